The minimum atomic E-state index is 0.0412. The number of ether oxygens (including phenoxy) is 2. The first-order valence-corrected chi connectivity index (χ1v) is 7.51. The lowest BCUT2D eigenvalue weighted by molar-refractivity contribution is 0.210. The highest BCUT2D eigenvalue weighted by Crippen LogP contribution is 2.36. The van der Waals surface area contributed by atoms with E-state index in [1.54, 1.807) is 0 Å². The van der Waals surface area contributed by atoms with Crippen LogP contribution in [0.2, 0.25) is 0 Å². The molecule has 1 N–H and O–H groups in total. The van der Waals surface area contributed by atoms with Crippen molar-refractivity contribution >= 4 is 5.69 Å². The first-order chi connectivity index (χ1) is 10.3. The Kier molecular flexibility index (Phi) is 4.00. The second kappa shape index (κ2) is 6.08. The molecular weight excluding hydrogens is 262 g/mol. The molecule has 110 valence electrons. The molecule has 0 aromatic heterocycles. The van der Waals surface area contributed by atoms with Gasteiger partial charge < -0.3 is 14.8 Å². The van der Waals surface area contributed by atoms with Gasteiger partial charge in [-0.1, -0.05) is 31.2 Å². The third-order valence-electron chi connectivity index (χ3n) is 3.69. The number of hydrogen-bond acceptors (Lipinski definition) is 3. The minimum Gasteiger partial charge on any atom is -0.494 e. The molecule has 0 saturated heterocycles. The lowest BCUT2D eigenvalue weighted by Gasteiger charge is -2.28. The van der Waals surface area contributed by atoms with Gasteiger partial charge in [0.25, 0.3) is 0 Å². The number of aryl methyl sites for hydroxylation is 1. The number of hydrogen-bond donors (Lipinski definition) is 1. The summed E-state index contributed by atoms with van der Waals surface area (Å²) < 4.78 is 11.7. The van der Waals surface area contributed by atoms with Crippen LogP contribution < -0.4 is 14.8 Å². The van der Waals surface area contributed by atoms with Gasteiger partial charge in [0.05, 0.1) is 18.8 Å². The van der Waals surface area contributed by atoms with Crippen LogP contribution in [0.5, 0.6) is 11.5 Å². The zero-order chi connectivity index (χ0) is 14.7. The minimum absolute atomic E-state index is 0.0412. The first-order valence-electron chi connectivity index (χ1n) is 7.51. The molecule has 0 fully saturated rings. The maximum Gasteiger partial charge on any atom is 0.143 e. The molecule has 1 aliphatic rings. The summed E-state index contributed by atoms with van der Waals surface area (Å²) in [5.74, 6) is 1.85. The summed E-state index contributed by atoms with van der Waals surface area (Å²) in [6.07, 6.45) is 1.06. The Morgan fingerprint density at radius 3 is 2.76 bits per heavy atom. The Morgan fingerprint density at radius 2 is 2.00 bits per heavy atom. The molecule has 3 heteroatoms. The van der Waals surface area contributed by atoms with Crippen molar-refractivity contribution < 1.29 is 9.47 Å². The van der Waals surface area contributed by atoms with E-state index in [9.17, 15) is 0 Å². The van der Waals surface area contributed by atoms with Crippen LogP contribution in [0.4, 0.5) is 5.69 Å². The number of anilines is 1. The zero-order valence-corrected chi connectivity index (χ0v) is 12.6. The van der Waals surface area contributed by atoms with E-state index < -0.39 is 0 Å². The maximum absolute atomic E-state index is 6.12. The van der Waals surface area contributed by atoms with Crippen molar-refractivity contribution in [3.05, 3.63) is 53.6 Å². The molecule has 1 aliphatic heterocycles. The fraction of sp³-hybridized carbons (Fsp3) is 0.333. The first kappa shape index (κ1) is 13.8. The summed E-state index contributed by atoms with van der Waals surface area (Å²) in [4.78, 5) is 0. The topological polar surface area (TPSA) is 30.5 Å². The van der Waals surface area contributed by atoms with Gasteiger partial charge in [-0.3, -0.25) is 0 Å². The fourth-order valence-corrected chi connectivity index (χ4v) is 2.54. The van der Waals surface area contributed by atoms with Gasteiger partial charge >= 0.3 is 0 Å². The van der Waals surface area contributed by atoms with Crippen molar-refractivity contribution in [2.45, 2.75) is 26.4 Å². The summed E-state index contributed by atoms with van der Waals surface area (Å²) in [5, 5.41) is 3.47. The Labute approximate surface area is 125 Å². The van der Waals surface area contributed by atoms with Crippen LogP contribution >= 0.6 is 0 Å². The average molecular weight is 283 g/mol. The molecule has 1 heterocycles. The Bertz CT molecular complexity index is 607. The smallest absolute Gasteiger partial charge is 0.143 e. The lowest BCUT2D eigenvalue weighted by Crippen LogP contribution is -2.24. The average Bonchev–Trinajstić information content (AvgIpc) is 2.53. The van der Waals surface area contributed by atoms with Gasteiger partial charge in [0.2, 0.25) is 0 Å². The molecule has 21 heavy (non-hydrogen) atoms. The van der Waals surface area contributed by atoms with Gasteiger partial charge in [0.15, 0.2) is 0 Å². The van der Waals surface area contributed by atoms with Crippen molar-refractivity contribution in [2.24, 2.45) is 0 Å². The fourth-order valence-electron chi connectivity index (χ4n) is 2.54. The summed E-state index contributed by atoms with van der Waals surface area (Å²) >= 11 is 0. The maximum atomic E-state index is 6.12. The van der Waals surface area contributed by atoms with Crippen LogP contribution in [0, 0.1) is 6.92 Å². The van der Waals surface area contributed by atoms with Crippen LogP contribution in [0.1, 0.15) is 30.6 Å². The number of nitrogens with one attached hydrogen (secondary N) is 1. The third-order valence-corrected chi connectivity index (χ3v) is 3.69. The van der Waals surface area contributed by atoms with E-state index >= 15 is 0 Å². The van der Waals surface area contributed by atoms with E-state index in [2.05, 4.69) is 37.4 Å². The van der Waals surface area contributed by atoms with Crippen molar-refractivity contribution in [1.82, 2.24) is 0 Å². The van der Waals surface area contributed by atoms with Gasteiger partial charge in [-0.15, -0.1) is 0 Å². The van der Waals surface area contributed by atoms with Crippen LogP contribution in [0.15, 0.2) is 42.5 Å². The highest BCUT2D eigenvalue weighted by molar-refractivity contribution is 5.63. The lowest BCUT2D eigenvalue weighted by atomic mass is 10.1. The van der Waals surface area contributed by atoms with E-state index in [4.69, 9.17) is 9.47 Å². The van der Waals surface area contributed by atoms with Crippen LogP contribution in [-0.2, 0) is 0 Å². The molecule has 0 radical (unpaired) electrons. The van der Waals surface area contributed by atoms with Gasteiger partial charge in [0.1, 0.15) is 17.6 Å². The van der Waals surface area contributed by atoms with Crippen molar-refractivity contribution in [2.75, 3.05) is 18.5 Å². The standard InChI is InChI=1S/C18H21NO2/c1-3-11-20-15-9-7-14(8-10-15)17-12-19-18-13(2)5-4-6-16(18)21-17/h4-10,17,19H,3,11-12H2,1-2H3. The number of para-hydroxylation sites is 1. The molecule has 1 unspecified atom stereocenters. The predicted octanol–water partition coefficient (Wildman–Crippen LogP) is 4.33. The van der Waals surface area contributed by atoms with Crippen LogP contribution in [0.25, 0.3) is 0 Å². The molecule has 0 bridgehead atoms. The van der Waals surface area contributed by atoms with Gasteiger partial charge in [-0.05, 0) is 42.7 Å². The highest BCUT2D eigenvalue weighted by atomic mass is 16.5. The Morgan fingerprint density at radius 1 is 1.19 bits per heavy atom. The van der Waals surface area contributed by atoms with Crippen molar-refractivity contribution in [3.63, 3.8) is 0 Å². The molecule has 0 spiro atoms. The second-order valence-electron chi connectivity index (χ2n) is 5.35. The van der Waals surface area contributed by atoms with Gasteiger partial charge in [-0.25, -0.2) is 0 Å². The largest absolute Gasteiger partial charge is 0.494 e. The zero-order valence-electron chi connectivity index (χ0n) is 12.6. The number of fused-ring (bicyclic) bond motifs is 1. The van der Waals surface area contributed by atoms with Crippen LogP contribution in [0.3, 0.4) is 0 Å². The van der Waals surface area contributed by atoms with E-state index in [0.29, 0.717) is 0 Å². The summed E-state index contributed by atoms with van der Waals surface area (Å²) in [5.41, 5.74) is 3.49. The molecule has 3 rings (SSSR count). The number of rotatable bonds is 4. The Balaban J connectivity index is 1.74. The van der Waals surface area contributed by atoms with Crippen molar-refractivity contribution in [1.29, 1.82) is 0 Å². The molecular formula is C18H21NO2. The van der Waals surface area contributed by atoms with E-state index in [0.717, 1.165) is 36.8 Å². The monoisotopic (exact) mass is 283 g/mol. The van der Waals surface area contributed by atoms with Crippen LogP contribution in [-0.4, -0.2) is 13.2 Å². The molecule has 3 nitrogen and oxygen atoms in total. The third kappa shape index (κ3) is 2.97. The molecule has 1 atom stereocenters. The predicted molar refractivity (Wildman–Crippen MR) is 85.3 cm³/mol. The second-order valence-corrected chi connectivity index (χ2v) is 5.35. The van der Waals surface area contributed by atoms with E-state index in [1.807, 2.05) is 24.3 Å². The molecule has 2 aromatic rings. The van der Waals surface area contributed by atoms with E-state index in [-0.39, 0.29) is 6.10 Å². The molecule has 0 saturated carbocycles. The molecule has 0 amide bonds. The Hall–Kier alpha value is -2.16. The quantitative estimate of drug-likeness (QED) is 0.906. The number of benzene rings is 2. The van der Waals surface area contributed by atoms with Gasteiger partial charge in [-0.2, -0.15) is 0 Å². The SMILES string of the molecule is CCCOc1ccc(C2CNc3c(C)cccc3O2)cc1. The van der Waals surface area contributed by atoms with Crippen molar-refractivity contribution in [3.8, 4) is 11.5 Å². The van der Waals surface area contributed by atoms with E-state index in [1.165, 1.54) is 11.1 Å². The summed E-state index contributed by atoms with van der Waals surface area (Å²) in [6, 6.07) is 14.3. The molecule has 2 aromatic carbocycles. The molecule has 0 aliphatic carbocycles. The summed E-state index contributed by atoms with van der Waals surface area (Å²) in [6.45, 7) is 5.74. The highest BCUT2D eigenvalue weighted by Gasteiger charge is 2.21. The summed E-state index contributed by atoms with van der Waals surface area (Å²) in [7, 11) is 0. The van der Waals surface area contributed by atoms with Gasteiger partial charge in [0, 0.05) is 0 Å². The normalized spacial score (nSPS) is 16.6.